The zero-order chi connectivity index (χ0) is 14.8. The summed E-state index contributed by atoms with van der Waals surface area (Å²) < 4.78 is 0. The molecule has 0 fully saturated rings. The number of carbonyl (C=O) groups is 2. The minimum absolute atomic E-state index is 0.0521. The first-order valence-electron chi connectivity index (χ1n) is 6.97. The van der Waals surface area contributed by atoms with Crippen molar-refractivity contribution in [2.45, 2.75) is 32.2 Å². The van der Waals surface area contributed by atoms with Gasteiger partial charge in [-0.15, -0.1) is 0 Å². The highest BCUT2D eigenvalue weighted by molar-refractivity contribution is 5.82. The molecule has 0 saturated carbocycles. The fourth-order valence-electron chi connectivity index (χ4n) is 1.74. The number of hydrogen-bond donors (Lipinski definition) is 3. The molecule has 20 heavy (non-hydrogen) atoms. The van der Waals surface area contributed by atoms with Crippen molar-refractivity contribution in [2.75, 3.05) is 13.1 Å². The number of nitrogens with two attached hydrogens (primary N) is 1. The fraction of sp³-hybridized carbons (Fsp3) is 0.467. The molecule has 1 atom stereocenters. The van der Waals surface area contributed by atoms with Gasteiger partial charge in [0.15, 0.2) is 0 Å². The lowest BCUT2D eigenvalue weighted by Gasteiger charge is -2.12. The first kappa shape index (κ1) is 16.2. The molecule has 1 aromatic rings. The van der Waals surface area contributed by atoms with E-state index >= 15 is 0 Å². The molecule has 0 aliphatic rings. The van der Waals surface area contributed by atoms with Gasteiger partial charge in [-0.2, -0.15) is 0 Å². The molecular weight excluding hydrogens is 254 g/mol. The second kappa shape index (κ2) is 9.09. The Balaban J connectivity index is 2.23. The van der Waals surface area contributed by atoms with Crippen LogP contribution in [0.4, 0.5) is 0 Å². The van der Waals surface area contributed by atoms with Crippen molar-refractivity contribution in [3.63, 3.8) is 0 Å². The van der Waals surface area contributed by atoms with Gasteiger partial charge in [0.1, 0.15) is 0 Å². The Morgan fingerprint density at radius 1 is 1.15 bits per heavy atom. The van der Waals surface area contributed by atoms with Gasteiger partial charge in [0.25, 0.3) is 0 Å². The second-order valence-corrected chi connectivity index (χ2v) is 4.69. The summed E-state index contributed by atoms with van der Waals surface area (Å²) >= 11 is 0. The predicted molar refractivity (Wildman–Crippen MR) is 79.0 cm³/mol. The molecule has 0 aromatic heterocycles. The molecule has 2 amide bonds. The van der Waals surface area contributed by atoms with E-state index in [-0.39, 0.29) is 18.2 Å². The Kier molecular flexibility index (Phi) is 7.35. The van der Waals surface area contributed by atoms with Crippen molar-refractivity contribution in [3.8, 4) is 0 Å². The summed E-state index contributed by atoms with van der Waals surface area (Å²) in [7, 11) is 0. The molecule has 5 nitrogen and oxygen atoms in total. The van der Waals surface area contributed by atoms with Crippen molar-refractivity contribution in [2.24, 2.45) is 5.73 Å². The summed E-state index contributed by atoms with van der Waals surface area (Å²) in [6.45, 7) is 2.97. The van der Waals surface area contributed by atoms with Crippen LogP contribution in [0.3, 0.4) is 0 Å². The highest BCUT2D eigenvalue weighted by Gasteiger charge is 2.13. The third-order valence-electron chi connectivity index (χ3n) is 2.86. The van der Waals surface area contributed by atoms with Crippen LogP contribution in [0.15, 0.2) is 30.3 Å². The summed E-state index contributed by atoms with van der Waals surface area (Å²) in [5.74, 6) is -0.277. The Labute approximate surface area is 119 Å². The van der Waals surface area contributed by atoms with Gasteiger partial charge >= 0.3 is 0 Å². The predicted octanol–water partition coefficient (Wildman–Crippen LogP) is 0.589. The number of rotatable bonds is 8. The molecule has 1 unspecified atom stereocenters. The number of carbonyl (C=O) groups excluding carboxylic acids is 2. The second-order valence-electron chi connectivity index (χ2n) is 4.69. The van der Waals surface area contributed by atoms with Crippen molar-refractivity contribution >= 4 is 11.8 Å². The van der Waals surface area contributed by atoms with Crippen molar-refractivity contribution in [1.29, 1.82) is 0 Å². The third kappa shape index (κ3) is 6.33. The minimum Gasteiger partial charge on any atom is -0.356 e. The van der Waals surface area contributed by atoms with Gasteiger partial charge < -0.3 is 16.4 Å². The van der Waals surface area contributed by atoms with Gasteiger partial charge in [-0.25, -0.2) is 0 Å². The maximum atomic E-state index is 11.8. The quantitative estimate of drug-likeness (QED) is 0.650. The molecule has 0 radical (unpaired) electrons. The SMILES string of the molecule is CCCNC(=O)CCNC(=O)C(N)Cc1ccccc1. The summed E-state index contributed by atoms with van der Waals surface area (Å²) in [6.07, 6.45) is 1.68. The van der Waals surface area contributed by atoms with Crippen LogP contribution in [0.5, 0.6) is 0 Å². The maximum Gasteiger partial charge on any atom is 0.237 e. The van der Waals surface area contributed by atoms with E-state index in [2.05, 4.69) is 10.6 Å². The average molecular weight is 277 g/mol. The molecule has 0 aliphatic heterocycles. The van der Waals surface area contributed by atoms with E-state index in [1.807, 2.05) is 37.3 Å². The number of nitrogens with one attached hydrogen (secondary N) is 2. The molecule has 0 spiro atoms. The molecule has 1 aromatic carbocycles. The zero-order valence-corrected chi connectivity index (χ0v) is 11.9. The standard InChI is InChI=1S/C15H23N3O2/c1-2-9-17-14(19)8-10-18-15(20)13(16)11-12-6-4-3-5-7-12/h3-7,13H,2,8-11,16H2,1H3,(H,17,19)(H,18,20). The lowest BCUT2D eigenvalue weighted by molar-refractivity contribution is -0.123. The lowest BCUT2D eigenvalue weighted by atomic mass is 10.1. The molecule has 5 heteroatoms. The smallest absolute Gasteiger partial charge is 0.237 e. The van der Waals surface area contributed by atoms with Gasteiger partial charge in [-0.3, -0.25) is 9.59 Å². The van der Waals surface area contributed by atoms with Crippen LogP contribution in [0.25, 0.3) is 0 Å². The molecule has 0 saturated heterocycles. The first-order chi connectivity index (χ1) is 9.63. The van der Waals surface area contributed by atoms with E-state index in [4.69, 9.17) is 5.73 Å². The molecule has 4 N–H and O–H groups in total. The van der Waals surface area contributed by atoms with Crippen molar-refractivity contribution in [3.05, 3.63) is 35.9 Å². The average Bonchev–Trinajstić information content (AvgIpc) is 2.46. The molecule has 0 heterocycles. The Hall–Kier alpha value is -1.88. The minimum atomic E-state index is -0.587. The van der Waals surface area contributed by atoms with Crippen LogP contribution < -0.4 is 16.4 Å². The van der Waals surface area contributed by atoms with E-state index in [0.717, 1.165) is 12.0 Å². The highest BCUT2D eigenvalue weighted by atomic mass is 16.2. The van der Waals surface area contributed by atoms with E-state index < -0.39 is 6.04 Å². The number of hydrogen-bond acceptors (Lipinski definition) is 3. The summed E-state index contributed by atoms with van der Waals surface area (Å²) in [6, 6.07) is 9.03. The summed E-state index contributed by atoms with van der Waals surface area (Å²) in [4.78, 5) is 23.1. The van der Waals surface area contributed by atoms with Crippen LogP contribution in [-0.4, -0.2) is 30.9 Å². The molecule has 0 aliphatic carbocycles. The monoisotopic (exact) mass is 277 g/mol. The van der Waals surface area contributed by atoms with Crippen LogP contribution in [-0.2, 0) is 16.0 Å². The molecular formula is C15H23N3O2. The molecule has 110 valence electrons. The number of benzene rings is 1. The number of amides is 2. The topological polar surface area (TPSA) is 84.2 Å². The molecule has 1 rings (SSSR count). The Morgan fingerprint density at radius 3 is 2.50 bits per heavy atom. The fourth-order valence-corrected chi connectivity index (χ4v) is 1.74. The van der Waals surface area contributed by atoms with Gasteiger partial charge in [0.2, 0.25) is 11.8 Å². The zero-order valence-electron chi connectivity index (χ0n) is 11.9. The largest absolute Gasteiger partial charge is 0.356 e. The van der Waals surface area contributed by atoms with E-state index in [1.54, 1.807) is 0 Å². The van der Waals surface area contributed by atoms with E-state index in [9.17, 15) is 9.59 Å². The molecule has 0 bridgehead atoms. The van der Waals surface area contributed by atoms with Crippen molar-refractivity contribution in [1.82, 2.24) is 10.6 Å². The van der Waals surface area contributed by atoms with Crippen LogP contribution >= 0.6 is 0 Å². The Morgan fingerprint density at radius 2 is 1.85 bits per heavy atom. The van der Waals surface area contributed by atoms with Gasteiger partial charge in [-0.05, 0) is 18.4 Å². The van der Waals surface area contributed by atoms with E-state index in [0.29, 0.717) is 19.5 Å². The van der Waals surface area contributed by atoms with Crippen LogP contribution in [0.1, 0.15) is 25.3 Å². The highest BCUT2D eigenvalue weighted by Crippen LogP contribution is 2.01. The summed E-state index contributed by atoms with van der Waals surface area (Å²) in [5, 5.41) is 5.44. The van der Waals surface area contributed by atoms with Crippen LogP contribution in [0, 0.1) is 0 Å². The maximum absolute atomic E-state index is 11.8. The van der Waals surface area contributed by atoms with Gasteiger partial charge in [0, 0.05) is 19.5 Å². The van der Waals surface area contributed by atoms with Gasteiger partial charge in [0.05, 0.1) is 6.04 Å². The van der Waals surface area contributed by atoms with Crippen LogP contribution in [0.2, 0.25) is 0 Å². The van der Waals surface area contributed by atoms with E-state index in [1.165, 1.54) is 0 Å². The van der Waals surface area contributed by atoms with Crippen molar-refractivity contribution < 1.29 is 9.59 Å². The van der Waals surface area contributed by atoms with Gasteiger partial charge in [-0.1, -0.05) is 37.3 Å². The normalized spacial score (nSPS) is 11.7. The first-order valence-corrected chi connectivity index (χ1v) is 6.97. The Bertz CT molecular complexity index is 420. The summed E-state index contributed by atoms with van der Waals surface area (Å²) in [5.41, 5.74) is 6.86. The third-order valence-corrected chi connectivity index (χ3v) is 2.86. The lowest BCUT2D eigenvalue weighted by Crippen LogP contribution is -2.43.